The molecule has 0 spiro atoms. The molecule has 0 atom stereocenters. The molecule has 0 aromatic heterocycles. The highest BCUT2D eigenvalue weighted by Gasteiger charge is 2.01. The van der Waals surface area contributed by atoms with Gasteiger partial charge in [0.15, 0.2) is 0 Å². The van der Waals surface area contributed by atoms with E-state index in [0.29, 0.717) is 0 Å². The van der Waals surface area contributed by atoms with Crippen LogP contribution < -0.4 is 5.32 Å². The summed E-state index contributed by atoms with van der Waals surface area (Å²) in [6, 6.07) is 0. The van der Waals surface area contributed by atoms with Crippen molar-refractivity contribution in [2.24, 2.45) is 0 Å². The van der Waals surface area contributed by atoms with Crippen LogP contribution in [0.15, 0.2) is 21.3 Å². The molecule has 0 fully saturated rings. The Morgan fingerprint density at radius 3 is 2.80 bits per heavy atom. The van der Waals surface area contributed by atoms with Crippen LogP contribution in [0.1, 0.15) is 12.8 Å². The van der Waals surface area contributed by atoms with E-state index < -0.39 is 0 Å². The van der Waals surface area contributed by atoms with Crippen molar-refractivity contribution in [3.8, 4) is 0 Å². The Morgan fingerprint density at radius 1 is 1.50 bits per heavy atom. The van der Waals surface area contributed by atoms with Crippen LogP contribution in [0.3, 0.4) is 0 Å². The summed E-state index contributed by atoms with van der Waals surface area (Å²) in [5, 5.41) is 3.15. The molecule has 2 heteroatoms. The summed E-state index contributed by atoms with van der Waals surface area (Å²) >= 11 is 2.39. The minimum Gasteiger partial charge on any atom is -0.316 e. The average molecular weight is 249 g/mol. The highest BCUT2D eigenvalue weighted by Crippen LogP contribution is 2.22. The second-order valence-electron chi connectivity index (χ2n) is 2.47. The molecule has 1 aliphatic rings. The first-order chi connectivity index (χ1) is 4.83. The van der Waals surface area contributed by atoms with Gasteiger partial charge in [-0.25, -0.2) is 0 Å². The van der Waals surface area contributed by atoms with Crippen molar-refractivity contribution in [1.82, 2.24) is 5.32 Å². The van der Waals surface area contributed by atoms with Crippen LogP contribution in [0.2, 0.25) is 0 Å². The van der Waals surface area contributed by atoms with Crippen LogP contribution in [0.25, 0.3) is 0 Å². The van der Waals surface area contributed by atoms with Crippen LogP contribution in [-0.4, -0.2) is 13.6 Å². The molecule has 0 bridgehead atoms. The van der Waals surface area contributed by atoms with Gasteiger partial charge in [-0.2, -0.15) is 0 Å². The van der Waals surface area contributed by atoms with E-state index in [2.05, 4.69) is 40.1 Å². The van der Waals surface area contributed by atoms with Crippen molar-refractivity contribution in [2.45, 2.75) is 12.8 Å². The molecule has 1 N–H and O–H groups in total. The summed E-state index contributed by atoms with van der Waals surface area (Å²) in [6.45, 7) is 1.04. The first kappa shape index (κ1) is 8.27. The third-order valence-electron chi connectivity index (χ3n) is 1.59. The van der Waals surface area contributed by atoms with Crippen molar-refractivity contribution in [3.63, 3.8) is 0 Å². The Bertz CT molecular complexity index is 166. The van der Waals surface area contributed by atoms with E-state index in [0.717, 1.165) is 6.54 Å². The number of rotatable bonds is 2. The zero-order valence-corrected chi connectivity index (χ0v) is 8.31. The molecule has 0 amide bonds. The van der Waals surface area contributed by atoms with E-state index in [1.54, 1.807) is 0 Å². The standard InChI is InChI=1S/C8H12IN/c1-10-6-7-2-4-8(9)5-3-7/h2,4,10H,3,5-6H2,1H3. The molecule has 0 saturated heterocycles. The monoisotopic (exact) mass is 249 g/mol. The lowest BCUT2D eigenvalue weighted by atomic mass is 10.1. The van der Waals surface area contributed by atoms with Crippen molar-refractivity contribution in [2.75, 3.05) is 13.6 Å². The molecule has 0 saturated carbocycles. The molecule has 0 unspecified atom stereocenters. The van der Waals surface area contributed by atoms with Gasteiger partial charge in [0, 0.05) is 6.54 Å². The minimum atomic E-state index is 1.04. The first-order valence-electron chi connectivity index (χ1n) is 3.51. The van der Waals surface area contributed by atoms with Crippen LogP contribution >= 0.6 is 22.6 Å². The summed E-state index contributed by atoms with van der Waals surface area (Å²) in [5.74, 6) is 0. The van der Waals surface area contributed by atoms with E-state index in [1.165, 1.54) is 22.0 Å². The predicted octanol–water partition coefficient (Wildman–Crippen LogP) is 2.24. The fourth-order valence-electron chi connectivity index (χ4n) is 1.03. The Morgan fingerprint density at radius 2 is 2.30 bits per heavy atom. The second-order valence-corrected chi connectivity index (χ2v) is 3.85. The summed E-state index contributed by atoms with van der Waals surface area (Å²) in [7, 11) is 1.99. The molecule has 0 heterocycles. The highest BCUT2D eigenvalue weighted by atomic mass is 127. The van der Waals surface area contributed by atoms with Crippen LogP contribution in [0.4, 0.5) is 0 Å². The Kier molecular flexibility index (Phi) is 3.42. The summed E-state index contributed by atoms with van der Waals surface area (Å²) in [5.41, 5.74) is 1.52. The SMILES string of the molecule is CNCC1=CC=C(I)CC1. The van der Waals surface area contributed by atoms with Crippen LogP contribution in [0, 0.1) is 0 Å². The smallest absolute Gasteiger partial charge is 0.0164 e. The number of hydrogen-bond donors (Lipinski definition) is 1. The summed E-state index contributed by atoms with van der Waals surface area (Å²) in [6.07, 6.45) is 6.89. The lowest BCUT2D eigenvalue weighted by Gasteiger charge is -2.09. The minimum absolute atomic E-state index is 1.04. The van der Waals surface area contributed by atoms with E-state index in [9.17, 15) is 0 Å². The third-order valence-corrected chi connectivity index (χ3v) is 2.49. The van der Waals surface area contributed by atoms with Crippen molar-refractivity contribution < 1.29 is 0 Å². The van der Waals surface area contributed by atoms with E-state index in [1.807, 2.05) is 7.05 Å². The molecule has 0 aliphatic heterocycles. The van der Waals surface area contributed by atoms with E-state index in [4.69, 9.17) is 0 Å². The van der Waals surface area contributed by atoms with Gasteiger partial charge in [0.25, 0.3) is 0 Å². The van der Waals surface area contributed by atoms with Gasteiger partial charge < -0.3 is 5.32 Å². The number of allylic oxidation sites excluding steroid dienone is 3. The van der Waals surface area contributed by atoms with Gasteiger partial charge in [-0.1, -0.05) is 17.7 Å². The predicted molar refractivity (Wildman–Crippen MR) is 53.3 cm³/mol. The van der Waals surface area contributed by atoms with Gasteiger partial charge in [0.05, 0.1) is 0 Å². The Labute approximate surface area is 75.7 Å². The molecule has 1 rings (SSSR count). The van der Waals surface area contributed by atoms with Gasteiger partial charge in [-0.05, 0) is 46.1 Å². The van der Waals surface area contributed by atoms with Crippen molar-refractivity contribution in [3.05, 3.63) is 21.3 Å². The largest absolute Gasteiger partial charge is 0.316 e. The van der Waals surface area contributed by atoms with Gasteiger partial charge in [0.2, 0.25) is 0 Å². The molecular weight excluding hydrogens is 237 g/mol. The highest BCUT2D eigenvalue weighted by molar-refractivity contribution is 14.1. The number of hydrogen-bond acceptors (Lipinski definition) is 1. The fraction of sp³-hybridized carbons (Fsp3) is 0.500. The average Bonchev–Trinajstić information content (AvgIpc) is 1.95. The quantitative estimate of drug-likeness (QED) is 0.740. The maximum absolute atomic E-state index is 3.15. The lowest BCUT2D eigenvalue weighted by molar-refractivity contribution is 0.814. The van der Waals surface area contributed by atoms with E-state index in [-0.39, 0.29) is 0 Å². The van der Waals surface area contributed by atoms with Crippen LogP contribution in [-0.2, 0) is 0 Å². The van der Waals surface area contributed by atoms with Crippen molar-refractivity contribution >= 4 is 22.6 Å². The molecule has 1 nitrogen and oxygen atoms in total. The van der Waals surface area contributed by atoms with E-state index >= 15 is 0 Å². The van der Waals surface area contributed by atoms with Gasteiger partial charge >= 0.3 is 0 Å². The third kappa shape index (κ3) is 2.42. The fourth-order valence-corrected chi connectivity index (χ4v) is 1.48. The molecule has 10 heavy (non-hydrogen) atoms. The molecule has 1 aliphatic carbocycles. The Hall–Kier alpha value is 0.170. The second kappa shape index (κ2) is 4.13. The zero-order chi connectivity index (χ0) is 7.40. The van der Waals surface area contributed by atoms with Gasteiger partial charge in [-0.3, -0.25) is 0 Å². The molecule has 0 aromatic carbocycles. The summed E-state index contributed by atoms with van der Waals surface area (Å²) < 4.78 is 1.47. The maximum Gasteiger partial charge on any atom is 0.0164 e. The van der Waals surface area contributed by atoms with Gasteiger partial charge in [0.1, 0.15) is 0 Å². The Balaban J connectivity index is 2.47. The molecule has 56 valence electrons. The first-order valence-corrected chi connectivity index (χ1v) is 4.59. The number of nitrogens with one attached hydrogen (secondary N) is 1. The number of likely N-dealkylation sites (N-methyl/N-ethyl adjacent to an activating group) is 1. The van der Waals surface area contributed by atoms with Gasteiger partial charge in [-0.15, -0.1) is 0 Å². The topological polar surface area (TPSA) is 12.0 Å². The maximum atomic E-state index is 3.15. The normalized spacial score (nSPS) is 18.2. The molecule has 0 aromatic rings. The van der Waals surface area contributed by atoms with Crippen LogP contribution in [0.5, 0.6) is 0 Å². The molecule has 0 radical (unpaired) electrons. The lowest BCUT2D eigenvalue weighted by Crippen LogP contribution is -2.11. The number of halogens is 1. The molecular formula is C8H12IN. The van der Waals surface area contributed by atoms with Crippen molar-refractivity contribution in [1.29, 1.82) is 0 Å². The zero-order valence-electron chi connectivity index (χ0n) is 6.15. The summed E-state index contributed by atoms with van der Waals surface area (Å²) in [4.78, 5) is 0.